The number of benzene rings is 2. The van der Waals surface area contributed by atoms with Crippen molar-refractivity contribution in [1.82, 2.24) is 4.57 Å². The monoisotopic (exact) mass is 484 g/mol. The number of fused-ring (bicyclic) bond motifs is 2. The van der Waals surface area contributed by atoms with Crippen molar-refractivity contribution < 1.29 is 28.5 Å². The lowest BCUT2D eigenvalue weighted by atomic mass is 10.2. The van der Waals surface area contributed by atoms with Crippen molar-refractivity contribution in [2.45, 2.75) is 39.7 Å². The van der Waals surface area contributed by atoms with Crippen molar-refractivity contribution in [3.63, 3.8) is 0 Å². The fourth-order valence-corrected chi connectivity index (χ4v) is 4.59. The Morgan fingerprint density at radius 3 is 2.53 bits per heavy atom. The number of thiazole rings is 1. The second kappa shape index (κ2) is 11.2. The van der Waals surface area contributed by atoms with E-state index in [1.807, 2.05) is 16.7 Å². The van der Waals surface area contributed by atoms with Gasteiger partial charge in [-0.3, -0.25) is 9.59 Å². The molecule has 0 saturated heterocycles. The predicted molar refractivity (Wildman–Crippen MR) is 129 cm³/mol. The molecule has 2 heterocycles. The minimum Gasteiger partial charge on any atom is -0.494 e. The van der Waals surface area contributed by atoms with E-state index in [1.54, 1.807) is 31.2 Å². The summed E-state index contributed by atoms with van der Waals surface area (Å²) in [4.78, 5) is 29.8. The number of aryl methyl sites for hydroxylation is 1. The van der Waals surface area contributed by atoms with Crippen LogP contribution in [0, 0.1) is 0 Å². The topological polar surface area (TPSA) is 88.4 Å². The largest absolute Gasteiger partial charge is 0.494 e. The van der Waals surface area contributed by atoms with Crippen LogP contribution in [0.4, 0.5) is 0 Å². The summed E-state index contributed by atoms with van der Waals surface area (Å²) in [5, 5.41) is 0. The molecule has 0 spiro atoms. The summed E-state index contributed by atoms with van der Waals surface area (Å²) in [5.74, 6) is 1.35. The molecule has 0 atom stereocenters. The third-order valence-electron chi connectivity index (χ3n) is 5.26. The lowest BCUT2D eigenvalue weighted by Gasteiger charge is -2.18. The number of carbonyl (C=O) groups excluding carboxylic acids is 2. The van der Waals surface area contributed by atoms with Crippen LogP contribution in [0.3, 0.4) is 0 Å². The molecule has 4 rings (SSSR count). The third kappa shape index (κ3) is 5.59. The first-order valence-electron chi connectivity index (χ1n) is 11.5. The van der Waals surface area contributed by atoms with Crippen molar-refractivity contribution >= 4 is 33.4 Å². The van der Waals surface area contributed by atoms with Gasteiger partial charge in [0.15, 0.2) is 16.3 Å². The quantitative estimate of drug-likeness (QED) is 0.332. The number of hydrogen-bond acceptors (Lipinski definition) is 7. The summed E-state index contributed by atoms with van der Waals surface area (Å²) >= 11 is 1.36. The summed E-state index contributed by atoms with van der Waals surface area (Å²) in [6.07, 6.45) is 2.20. The molecule has 1 aromatic heterocycles. The molecule has 34 heavy (non-hydrogen) atoms. The summed E-state index contributed by atoms with van der Waals surface area (Å²) in [6.45, 7) is 6.13. The van der Waals surface area contributed by atoms with Crippen molar-refractivity contribution in [3.05, 3.63) is 46.8 Å². The van der Waals surface area contributed by atoms with Gasteiger partial charge in [0.1, 0.15) is 19.0 Å². The van der Waals surface area contributed by atoms with Crippen LogP contribution >= 0.6 is 11.3 Å². The van der Waals surface area contributed by atoms with Gasteiger partial charge in [-0.15, -0.1) is 0 Å². The van der Waals surface area contributed by atoms with Crippen LogP contribution in [0.1, 0.15) is 43.5 Å². The molecule has 9 heteroatoms. The summed E-state index contributed by atoms with van der Waals surface area (Å²) in [6, 6.07) is 10.7. The zero-order valence-electron chi connectivity index (χ0n) is 19.4. The molecule has 1 aliphatic heterocycles. The number of nitrogens with zero attached hydrogens (tertiary/aromatic N) is 2. The van der Waals surface area contributed by atoms with Gasteiger partial charge in [0.05, 0.1) is 29.9 Å². The molecule has 0 N–H and O–H groups in total. The van der Waals surface area contributed by atoms with Gasteiger partial charge in [0.25, 0.3) is 5.91 Å². The van der Waals surface area contributed by atoms with Crippen molar-refractivity contribution in [1.29, 1.82) is 0 Å². The van der Waals surface area contributed by atoms with Crippen LogP contribution in [0.15, 0.2) is 41.4 Å². The lowest BCUT2D eigenvalue weighted by molar-refractivity contribution is -0.143. The van der Waals surface area contributed by atoms with E-state index in [0.29, 0.717) is 54.8 Å². The standard InChI is InChI=1S/C25H28N2O6S/c1-3-5-12-31-18-8-6-17(7-9-18)24(29)26-25-27(11-10-23(28)30-4-2)19-15-20-21(16-22(19)34-25)33-14-13-32-20/h6-9,15-16H,3-5,10-14H2,1-2H3. The molecular formula is C25H28N2O6S. The van der Waals surface area contributed by atoms with E-state index in [2.05, 4.69) is 11.9 Å². The fraction of sp³-hybridized carbons (Fsp3) is 0.400. The highest BCUT2D eigenvalue weighted by Gasteiger charge is 2.18. The molecule has 0 bridgehead atoms. The van der Waals surface area contributed by atoms with E-state index in [0.717, 1.165) is 28.8 Å². The first kappa shape index (κ1) is 23.8. The Morgan fingerprint density at radius 1 is 1.09 bits per heavy atom. The van der Waals surface area contributed by atoms with Gasteiger partial charge in [-0.2, -0.15) is 4.99 Å². The van der Waals surface area contributed by atoms with E-state index in [-0.39, 0.29) is 18.3 Å². The SMILES string of the molecule is CCCCOc1ccc(C(=O)N=c2sc3cc4c(cc3n2CCC(=O)OCC)OCCO4)cc1. The molecule has 180 valence electrons. The summed E-state index contributed by atoms with van der Waals surface area (Å²) in [5.41, 5.74) is 1.29. The fourth-order valence-electron chi connectivity index (χ4n) is 3.52. The van der Waals surface area contributed by atoms with E-state index >= 15 is 0 Å². The van der Waals surface area contributed by atoms with Gasteiger partial charge in [0, 0.05) is 24.2 Å². The van der Waals surface area contributed by atoms with Crippen molar-refractivity contribution in [3.8, 4) is 17.2 Å². The van der Waals surface area contributed by atoms with Gasteiger partial charge in [-0.1, -0.05) is 24.7 Å². The molecule has 3 aromatic rings. The lowest BCUT2D eigenvalue weighted by Crippen LogP contribution is -2.20. The predicted octanol–water partition coefficient (Wildman–Crippen LogP) is 4.35. The molecule has 0 radical (unpaired) electrons. The number of unbranched alkanes of at least 4 members (excludes halogenated alkanes) is 1. The molecule has 1 aliphatic rings. The second-order valence-electron chi connectivity index (χ2n) is 7.70. The van der Waals surface area contributed by atoms with Gasteiger partial charge in [-0.05, 0) is 37.6 Å². The first-order valence-corrected chi connectivity index (χ1v) is 12.3. The second-order valence-corrected chi connectivity index (χ2v) is 8.71. The van der Waals surface area contributed by atoms with Crippen LogP contribution in [0.5, 0.6) is 17.2 Å². The van der Waals surface area contributed by atoms with Crippen LogP contribution in [-0.2, 0) is 16.1 Å². The zero-order chi connectivity index (χ0) is 23.9. The third-order valence-corrected chi connectivity index (χ3v) is 6.30. The maximum atomic E-state index is 13.0. The average Bonchev–Trinajstić information content (AvgIpc) is 3.17. The van der Waals surface area contributed by atoms with Gasteiger partial charge in [0.2, 0.25) is 0 Å². The van der Waals surface area contributed by atoms with Gasteiger partial charge < -0.3 is 23.5 Å². The van der Waals surface area contributed by atoms with Crippen LogP contribution in [-0.4, -0.2) is 42.9 Å². The molecule has 0 fully saturated rings. The average molecular weight is 485 g/mol. The Hall–Kier alpha value is -3.33. The minimum atomic E-state index is -0.367. The first-order chi connectivity index (χ1) is 16.6. The molecule has 2 aromatic carbocycles. The van der Waals surface area contributed by atoms with E-state index in [1.165, 1.54) is 11.3 Å². The van der Waals surface area contributed by atoms with Crippen molar-refractivity contribution in [2.24, 2.45) is 4.99 Å². The van der Waals surface area contributed by atoms with E-state index < -0.39 is 0 Å². The molecule has 8 nitrogen and oxygen atoms in total. The highest BCUT2D eigenvalue weighted by molar-refractivity contribution is 7.16. The molecule has 0 aliphatic carbocycles. The number of carbonyl (C=O) groups is 2. The number of ether oxygens (including phenoxy) is 4. The number of hydrogen-bond donors (Lipinski definition) is 0. The smallest absolute Gasteiger partial charge is 0.307 e. The highest BCUT2D eigenvalue weighted by atomic mass is 32.1. The number of rotatable bonds is 9. The Balaban J connectivity index is 1.66. The molecular weight excluding hydrogens is 456 g/mol. The Kier molecular flexibility index (Phi) is 7.84. The number of esters is 1. The van der Waals surface area contributed by atoms with Crippen LogP contribution in [0.2, 0.25) is 0 Å². The summed E-state index contributed by atoms with van der Waals surface area (Å²) in [7, 11) is 0. The Bertz CT molecular complexity index is 1230. The maximum absolute atomic E-state index is 13.0. The zero-order valence-corrected chi connectivity index (χ0v) is 20.2. The van der Waals surface area contributed by atoms with Crippen LogP contribution in [0.25, 0.3) is 10.2 Å². The molecule has 0 unspecified atom stereocenters. The number of aromatic nitrogens is 1. The minimum absolute atomic E-state index is 0.166. The van der Waals surface area contributed by atoms with Gasteiger partial charge >= 0.3 is 5.97 Å². The molecule has 1 amide bonds. The van der Waals surface area contributed by atoms with Crippen LogP contribution < -0.4 is 19.0 Å². The summed E-state index contributed by atoms with van der Waals surface area (Å²) < 4.78 is 24.9. The molecule has 0 saturated carbocycles. The van der Waals surface area contributed by atoms with Crippen molar-refractivity contribution in [2.75, 3.05) is 26.4 Å². The Labute approximate surface area is 201 Å². The van der Waals surface area contributed by atoms with Gasteiger partial charge in [-0.25, -0.2) is 0 Å². The highest BCUT2D eigenvalue weighted by Crippen LogP contribution is 2.35. The normalized spacial score (nSPS) is 13.2. The van der Waals surface area contributed by atoms with E-state index in [4.69, 9.17) is 18.9 Å². The maximum Gasteiger partial charge on any atom is 0.307 e. The van der Waals surface area contributed by atoms with E-state index in [9.17, 15) is 9.59 Å². The number of amides is 1. The Morgan fingerprint density at radius 2 is 1.82 bits per heavy atom.